The van der Waals surface area contributed by atoms with Crippen LogP contribution in [0.1, 0.15) is 19.3 Å². The van der Waals surface area contributed by atoms with Crippen molar-refractivity contribution in [2.45, 2.75) is 25.4 Å². The lowest BCUT2D eigenvalue weighted by Gasteiger charge is -2.17. The largest absolute Gasteiger partial charge is 0.468 e. The Kier molecular flexibility index (Phi) is 4.90. The summed E-state index contributed by atoms with van der Waals surface area (Å²) in [4.78, 5) is 12.9. The van der Waals surface area contributed by atoms with Gasteiger partial charge in [0.15, 0.2) is 0 Å². The van der Waals surface area contributed by atoms with Gasteiger partial charge in [-0.05, 0) is 26.3 Å². The van der Waals surface area contributed by atoms with Gasteiger partial charge in [-0.3, -0.25) is 9.69 Å². The highest BCUT2D eigenvalue weighted by Gasteiger charge is 2.16. The highest BCUT2D eigenvalue weighted by molar-refractivity contribution is 5.71. The Hall–Kier alpha value is -0.610. The molecule has 0 aromatic carbocycles. The minimum atomic E-state index is -0.181. The van der Waals surface area contributed by atoms with E-state index in [1.165, 1.54) is 13.5 Å². The molecule has 1 rings (SSSR count). The minimum Gasteiger partial charge on any atom is -0.468 e. The molecule has 1 heterocycles. The van der Waals surface area contributed by atoms with Gasteiger partial charge in [0.05, 0.1) is 19.8 Å². The molecule has 1 atom stereocenters. The topological polar surface area (TPSA) is 38.8 Å². The van der Waals surface area contributed by atoms with Crippen molar-refractivity contribution < 1.29 is 14.3 Å². The highest BCUT2D eigenvalue weighted by atomic mass is 16.5. The predicted octanol–water partition coefficient (Wildman–Crippen LogP) is 0.660. The van der Waals surface area contributed by atoms with E-state index in [0.29, 0.717) is 12.6 Å². The summed E-state index contributed by atoms with van der Waals surface area (Å²) in [5.74, 6) is -0.181. The Bertz CT molecular complexity index is 178. The second-order valence-electron chi connectivity index (χ2n) is 3.74. The van der Waals surface area contributed by atoms with Crippen molar-refractivity contribution in [1.29, 1.82) is 0 Å². The Morgan fingerprint density at radius 1 is 1.64 bits per heavy atom. The van der Waals surface area contributed by atoms with E-state index in [1.54, 1.807) is 0 Å². The Morgan fingerprint density at radius 2 is 2.43 bits per heavy atom. The van der Waals surface area contributed by atoms with Gasteiger partial charge in [0, 0.05) is 13.2 Å². The van der Waals surface area contributed by atoms with E-state index in [1.807, 2.05) is 11.9 Å². The molecule has 0 radical (unpaired) electrons. The summed E-state index contributed by atoms with van der Waals surface area (Å²) in [6.45, 7) is 2.15. The normalized spacial score (nSPS) is 21.5. The van der Waals surface area contributed by atoms with Crippen molar-refractivity contribution in [3.05, 3.63) is 0 Å². The fourth-order valence-electron chi connectivity index (χ4n) is 1.60. The maximum Gasteiger partial charge on any atom is 0.319 e. The summed E-state index contributed by atoms with van der Waals surface area (Å²) < 4.78 is 10.1. The van der Waals surface area contributed by atoms with E-state index in [-0.39, 0.29) is 5.97 Å². The maximum absolute atomic E-state index is 10.9. The second-order valence-corrected chi connectivity index (χ2v) is 3.74. The number of likely N-dealkylation sites (N-methyl/N-ethyl adjacent to an activating group) is 1. The average Bonchev–Trinajstić information content (AvgIpc) is 2.67. The van der Waals surface area contributed by atoms with Crippen molar-refractivity contribution in [2.75, 3.05) is 33.9 Å². The molecule has 0 aromatic heterocycles. The van der Waals surface area contributed by atoms with Gasteiger partial charge < -0.3 is 9.47 Å². The third kappa shape index (κ3) is 4.07. The lowest BCUT2D eigenvalue weighted by atomic mass is 10.2. The molecule has 0 amide bonds. The predicted molar refractivity (Wildman–Crippen MR) is 53.1 cm³/mol. The summed E-state index contributed by atoms with van der Waals surface area (Å²) in [5, 5.41) is 0. The number of ether oxygens (including phenoxy) is 2. The van der Waals surface area contributed by atoms with Gasteiger partial charge in [0.1, 0.15) is 0 Å². The summed E-state index contributed by atoms with van der Waals surface area (Å²) in [6, 6.07) is 0. The van der Waals surface area contributed by atoms with Crippen LogP contribution < -0.4 is 0 Å². The smallest absolute Gasteiger partial charge is 0.319 e. The lowest BCUT2D eigenvalue weighted by Crippen LogP contribution is -2.29. The molecule has 0 N–H and O–H groups in total. The molecular weight excluding hydrogens is 182 g/mol. The Balaban J connectivity index is 2.07. The van der Waals surface area contributed by atoms with Gasteiger partial charge in [0.2, 0.25) is 0 Å². The zero-order valence-corrected chi connectivity index (χ0v) is 8.99. The first kappa shape index (κ1) is 11.5. The van der Waals surface area contributed by atoms with E-state index >= 15 is 0 Å². The van der Waals surface area contributed by atoms with Crippen LogP contribution in [-0.4, -0.2) is 50.8 Å². The van der Waals surface area contributed by atoms with Crippen LogP contribution in [0.15, 0.2) is 0 Å². The molecule has 0 aromatic rings. The standard InChI is InChI=1S/C10H19NO3/c1-11(8-10(12)13-2)6-5-9-4-3-7-14-9/h9H,3-8H2,1-2H3. The number of esters is 1. The van der Waals surface area contributed by atoms with Crippen LogP contribution in [0.5, 0.6) is 0 Å². The number of hydrogen-bond acceptors (Lipinski definition) is 4. The highest BCUT2D eigenvalue weighted by Crippen LogP contribution is 2.15. The number of nitrogens with zero attached hydrogens (tertiary/aromatic N) is 1. The van der Waals surface area contributed by atoms with Crippen molar-refractivity contribution in [2.24, 2.45) is 0 Å². The van der Waals surface area contributed by atoms with Gasteiger partial charge in [-0.15, -0.1) is 0 Å². The number of carbonyl (C=O) groups is 1. The molecule has 4 heteroatoms. The minimum absolute atomic E-state index is 0.181. The van der Waals surface area contributed by atoms with Crippen LogP contribution in [0.2, 0.25) is 0 Å². The van der Waals surface area contributed by atoms with Crippen molar-refractivity contribution in [1.82, 2.24) is 4.90 Å². The molecule has 0 saturated carbocycles. The summed E-state index contributed by atoms with van der Waals surface area (Å²) in [7, 11) is 3.34. The number of hydrogen-bond donors (Lipinski definition) is 0. The number of rotatable bonds is 5. The molecule has 1 aliphatic rings. The molecule has 1 fully saturated rings. The second kappa shape index (κ2) is 5.98. The quantitative estimate of drug-likeness (QED) is 0.612. The molecule has 0 spiro atoms. The van der Waals surface area contributed by atoms with Crippen LogP contribution in [-0.2, 0) is 14.3 Å². The molecule has 4 nitrogen and oxygen atoms in total. The summed E-state index contributed by atoms with van der Waals surface area (Å²) in [5.41, 5.74) is 0. The molecule has 1 unspecified atom stereocenters. The SMILES string of the molecule is COC(=O)CN(C)CCC1CCCO1. The van der Waals surface area contributed by atoms with Crippen LogP contribution >= 0.6 is 0 Å². The van der Waals surface area contributed by atoms with E-state index in [2.05, 4.69) is 4.74 Å². The van der Waals surface area contributed by atoms with E-state index in [9.17, 15) is 4.79 Å². The molecular formula is C10H19NO3. The summed E-state index contributed by atoms with van der Waals surface area (Å²) in [6.07, 6.45) is 3.74. The first-order valence-corrected chi connectivity index (χ1v) is 5.09. The van der Waals surface area contributed by atoms with Crippen molar-refractivity contribution in [3.63, 3.8) is 0 Å². The van der Waals surface area contributed by atoms with Gasteiger partial charge in [0.25, 0.3) is 0 Å². The molecule has 82 valence electrons. The Morgan fingerprint density at radius 3 is 3.00 bits per heavy atom. The zero-order chi connectivity index (χ0) is 10.4. The molecule has 14 heavy (non-hydrogen) atoms. The van der Waals surface area contributed by atoms with Crippen LogP contribution in [0.4, 0.5) is 0 Å². The van der Waals surface area contributed by atoms with Gasteiger partial charge in [-0.2, -0.15) is 0 Å². The zero-order valence-electron chi connectivity index (χ0n) is 8.99. The third-order valence-corrected chi connectivity index (χ3v) is 2.48. The number of methoxy groups -OCH3 is 1. The fraction of sp³-hybridized carbons (Fsp3) is 0.900. The Labute approximate surface area is 85.2 Å². The molecule has 1 aliphatic heterocycles. The monoisotopic (exact) mass is 201 g/mol. The number of carbonyl (C=O) groups excluding carboxylic acids is 1. The van der Waals surface area contributed by atoms with Gasteiger partial charge in [-0.1, -0.05) is 0 Å². The van der Waals surface area contributed by atoms with Crippen LogP contribution in [0.3, 0.4) is 0 Å². The summed E-state index contributed by atoms with van der Waals surface area (Å²) >= 11 is 0. The molecule has 0 bridgehead atoms. The molecule has 1 saturated heterocycles. The first-order valence-electron chi connectivity index (χ1n) is 5.09. The van der Waals surface area contributed by atoms with Crippen LogP contribution in [0.25, 0.3) is 0 Å². The van der Waals surface area contributed by atoms with E-state index in [4.69, 9.17) is 4.74 Å². The van der Waals surface area contributed by atoms with Gasteiger partial charge >= 0.3 is 5.97 Å². The third-order valence-electron chi connectivity index (χ3n) is 2.48. The van der Waals surface area contributed by atoms with E-state index in [0.717, 1.165) is 26.0 Å². The average molecular weight is 201 g/mol. The van der Waals surface area contributed by atoms with Crippen molar-refractivity contribution >= 4 is 5.97 Å². The molecule has 0 aliphatic carbocycles. The van der Waals surface area contributed by atoms with Crippen LogP contribution in [0, 0.1) is 0 Å². The first-order chi connectivity index (χ1) is 6.72. The fourth-order valence-corrected chi connectivity index (χ4v) is 1.60. The van der Waals surface area contributed by atoms with Crippen molar-refractivity contribution in [3.8, 4) is 0 Å². The maximum atomic E-state index is 10.9. The van der Waals surface area contributed by atoms with Gasteiger partial charge in [-0.25, -0.2) is 0 Å². The van der Waals surface area contributed by atoms with E-state index < -0.39 is 0 Å². The lowest BCUT2D eigenvalue weighted by molar-refractivity contribution is -0.141.